The third-order valence-electron chi connectivity index (χ3n) is 6.39. The summed E-state index contributed by atoms with van der Waals surface area (Å²) in [7, 11) is -3.20. The van der Waals surface area contributed by atoms with Crippen molar-refractivity contribution in [3.05, 3.63) is 74.9 Å². The lowest BCUT2D eigenvalue weighted by Crippen LogP contribution is -2.41. The average molecular weight is 632 g/mol. The zero-order chi connectivity index (χ0) is 29.5. The summed E-state index contributed by atoms with van der Waals surface area (Å²) in [6, 6.07) is 12.7. The topological polar surface area (TPSA) is 128 Å². The molecule has 1 saturated heterocycles. The predicted octanol–water partition coefficient (Wildman–Crippen LogP) is 2.81. The number of aliphatic hydroxyl groups excluding tert-OH is 1. The summed E-state index contributed by atoms with van der Waals surface area (Å²) in [5, 5.41) is 19.1. The maximum absolute atomic E-state index is 13.3. The Morgan fingerprint density at radius 1 is 1.00 bits per heavy atom. The summed E-state index contributed by atoms with van der Waals surface area (Å²) in [5.41, 5.74) is -0.188. The molecule has 11 nitrogen and oxygen atoms in total. The molecule has 0 amide bonds. The normalized spacial score (nSPS) is 16.2. The molecule has 41 heavy (non-hydrogen) atoms. The summed E-state index contributed by atoms with van der Waals surface area (Å²) >= 11 is 12.3. The first-order valence-electron chi connectivity index (χ1n) is 12.2. The van der Waals surface area contributed by atoms with Gasteiger partial charge in [0.1, 0.15) is 6.54 Å². The Kier molecular flexibility index (Phi) is 7.89. The van der Waals surface area contributed by atoms with Gasteiger partial charge in [-0.1, -0.05) is 35.3 Å². The van der Waals surface area contributed by atoms with Crippen molar-refractivity contribution in [1.29, 1.82) is 0 Å². The molecule has 0 saturated carbocycles. The van der Waals surface area contributed by atoms with Gasteiger partial charge in [0, 0.05) is 23.7 Å². The summed E-state index contributed by atoms with van der Waals surface area (Å²) in [6.07, 6.45) is -7.78. The van der Waals surface area contributed by atoms with Crippen molar-refractivity contribution in [1.82, 2.24) is 29.1 Å². The Balaban J connectivity index is 1.56. The average Bonchev–Trinajstić information content (AvgIpc) is 3.46. The van der Waals surface area contributed by atoms with E-state index in [9.17, 15) is 31.5 Å². The smallest absolute Gasteiger partial charge is 0.382 e. The Morgan fingerprint density at radius 3 is 2.29 bits per heavy atom. The number of rotatable bonds is 7. The van der Waals surface area contributed by atoms with Crippen LogP contribution < -0.4 is 10.6 Å². The first kappa shape index (κ1) is 29.1. The molecule has 0 radical (unpaired) electrons. The minimum Gasteiger partial charge on any atom is -0.382 e. The number of alkyl halides is 3. The third-order valence-corrected chi connectivity index (χ3v) is 8.57. The summed E-state index contributed by atoms with van der Waals surface area (Å²) in [4.78, 5) is 19.5. The minimum atomic E-state index is -4.97. The number of aliphatic hydroxyl groups is 1. The van der Waals surface area contributed by atoms with Crippen LogP contribution in [0.5, 0.6) is 0 Å². The molecule has 17 heteroatoms. The van der Waals surface area contributed by atoms with Gasteiger partial charge in [-0.2, -0.15) is 22.8 Å². The highest BCUT2D eigenvalue weighted by Gasteiger charge is 2.39. The van der Waals surface area contributed by atoms with E-state index < -0.39 is 34.4 Å². The number of hydrogen-bond acceptors (Lipinski definition) is 8. The van der Waals surface area contributed by atoms with E-state index in [2.05, 4.69) is 15.2 Å². The Labute approximate surface area is 241 Å². The van der Waals surface area contributed by atoms with E-state index in [0.717, 1.165) is 9.25 Å². The molecule has 218 valence electrons. The molecule has 1 N–H and O–H groups in total. The van der Waals surface area contributed by atoms with E-state index in [1.807, 2.05) is 0 Å². The van der Waals surface area contributed by atoms with Crippen molar-refractivity contribution in [2.45, 2.75) is 25.4 Å². The molecule has 5 rings (SSSR count). The van der Waals surface area contributed by atoms with E-state index in [4.69, 9.17) is 23.2 Å². The van der Waals surface area contributed by atoms with E-state index in [-0.39, 0.29) is 48.7 Å². The molecule has 2 aromatic heterocycles. The van der Waals surface area contributed by atoms with Crippen LogP contribution in [0.15, 0.2) is 53.3 Å². The van der Waals surface area contributed by atoms with E-state index >= 15 is 0 Å². The maximum Gasteiger partial charge on any atom is 0.416 e. The quantitative estimate of drug-likeness (QED) is 0.330. The van der Waals surface area contributed by atoms with Crippen molar-refractivity contribution < 1.29 is 26.7 Å². The largest absolute Gasteiger partial charge is 0.416 e. The van der Waals surface area contributed by atoms with Crippen LogP contribution in [0.2, 0.25) is 10.0 Å². The van der Waals surface area contributed by atoms with Gasteiger partial charge in [0.2, 0.25) is 5.95 Å². The Hall–Kier alpha value is -3.40. The van der Waals surface area contributed by atoms with E-state index in [1.54, 1.807) is 29.2 Å². The second-order valence-electron chi connectivity index (χ2n) is 9.27. The second-order valence-corrected chi connectivity index (χ2v) is 12.4. The van der Waals surface area contributed by atoms with Gasteiger partial charge in [0.25, 0.3) is 0 Å². The Morgan fingerprint density at radius 2 is 1.66 bits per heavy atom. The standard InChI is InChI=1S/C24H22Cl2F3N7O4S/c25-16-7-5-15(6-8-16)21-32-35(23(38)34(21)13-19(37)24(27,28)29)14-20-30-22(33-9-11-41(39,40)12-10-33)36(31-20)18-4-2-1-3-17(18)26/h1-8,19,37H,9-14H2/t19-/m0/s1. The van der Waals surface area contributed by atoms with Crippen LogP contribution >= 0.6 is 23.2 Å². The first-order chi connectivity index (χ1) is 19.3. The molecule has 0 spiro atoms. The molecular formula is C24H22Cl2F3N7O4S. The molecule has 0 unspecified atom stereocenters. The number of sulfone groups is 1. The van der Waals surface area contributed by atoms with Crippen LogP contribution in [-0.4, -0.2) is 79.5 Å². The number of aromatic nitrogens is 6. The highest BCUT2D eigenvalue weighted by Crippen LogP contribution is 2.27. The minimum absolute atomic E-state index is 0.0686. The number of para-hydroxylation sites is 1. The SMILES string of the molecule is O=c1n(Cc2nc(N3CCS(=O)(=O)CC3)n(-c3ccccc3Cl)n2)nc(-c2ccc(Cl)cc2)n1C[C@H](O)C(F)(F)F. The molecular weight excluding hydrogens is 610 g/mol. The molecule has 3 heterocycles. The molecule has 1 aliphatic rings. The lowest BCUT2D eigenvalue weighted by atomic mass is 10.2. The molecule has 2 aromatic carbocycles. The lowest BCUT2D eigenvalue weighted by molar-refractivity contribution is -0.207. The lowest BCUT2D eigenvalue weighted by Gasteiger charge is -2.27. The molecule has 1 fully saturated rings. The van der Waals surface area contributed by atoms with Crippen LogP contribution in [0.3, 0.4) is 0 Å². The second kappa shape index (κ2) is 11.1. The van der Waals surface area contributed by atoms with Gasteiger partial charge in [0.15, 0.2) is 27.6 Å². The number of halogens is 5. The summed E-state index contributed by atoms with van der Waals surface area (Å²) in [5.74, 6) is 0.0446. The highest BCUT2D eigenvalue weighted by atomic mass is 35.5. The number of anilines is 1. The zero-order valence-electron chi connectivity index (χ0n) is 21.0. The predicted molar refractivity (Wildman–Crippen MR) is 145 cm³/mol. The zero-order valence-corrected chi connectivity index (χ0v) is 23.4. The van der Waals surface area contributed by atoms with E-state index in [0.29, 0.717) is 21.3 Å². The monoisotopic (exact) mass is 631 g/mol. The van der Waals surface area contributed by atoms with Gasteiger partial charge in [-0.3, -0.25) is 4.57 Å². The van der Waals surface area contributed by atoms with Crippen molar-refractivity contribution in [3.8, 4) is 17.1 Å². The van der Waals surface area contributed by atoms with Crippen molar-refractivity contribution in [2.24, 2.45) is 0 Å². The maximum atomic E-state index is 13.3. The number of nitrogens with zero attached hydrogens (tertiary/aromatic N) is 7. The van der Waals surface area contributed by atoms with Gasteiger partial charge in [0.05, 0.1) is 28.8 Å². The fraction of sp³-hybridized carbons (Fsp3) is 0.333. The molecule has 4 aromatic rings. The third kappa shape index (κ3) is 6.27. The summed E-state index contributed by atoms with van der Waals surface area (Å²) in [6.45, 7) is -1.13. The van der Waals surface area contributed by atoms with Gasteiger partial charge in [-0.15, -0.1) is 10.2 Å². The fourth-order valence-corrected chi connectivity index (χ4v) is 5.79. The number of hydrogen-bond donors (Lipinski definition) is 1. The van der Waals surface area contributed by atoms with Crippen molar-refractivity contribution in [3.63, 3.8) is 0 Å². The van der Waals surface area contributed by atoms with Crippen LogP contribution in [-0.2, 0) is 22.9 Å². The van der Waals surface area contributed by atoms with Crippen LogP contribution in [0.1, 0.15) is 5.82 Å². The molecule has 1 aliphatic heterocycles. The Bertz CT molecular complexity index is 1720. The molecule has 0 bridgehead atoms. The summed E-state index contributed by atoms with van der Waals surface area (Å²) < 4.78 is 66.6. The van der Waals surface area contributed by atoms with Crippen molar-refractivity contribution >= 4 is 39.0 Å². The van der Waals surface area contributed by atoms with Gasteiger partial charge < -0.3 is 10.0 Å². The molecule has 1 atom stereocenters. The highest BCUT2D eigenvalue weighted by molar-refractivity contribution is 7.91. The first-order valence-corrected chi connectivity index (χ1v) is 14.7. The van der Waals surface area contributed by atoms with Crippen LogP contribution in [0.25, 0.3) is 17.1 Å². The fourth-order valence-electron chi connectivity index (χ4n) is 4.25. The van der Waals surface area contributed by atoms with Crippen LogP contribution in [0.4, 0.5) is 19.1 Å². The van der Waals surface area contributed by atoms with E-state index in [1.165, 1.54) is 28.9 Å². The van der Waals surface area contributed by atoms with Gasteiger partial charge in [-0.05, 0) is 36.4 Å². The number of benzene rings is 2. The molecule has 0 aliphatic carbocycles. The van der Waals surface area contributed by atoms with Crippen LogP contribution in [0, 0.1) is 0 Å². The van der Waals surface area contributed by atoms with Crippen molar-refractivity contribution in [2.75, 3.05) is 29.5 Å². The van der Waals surface area contributed by atoms with Gasteiger partial charge >= 0.3 is 11.9 Å². The van der Waals surface area contributed by atoms with Gasteiger partial charge in [-0.25, -0.2) is 17.9 Å².